The quantitative estimate of drug-likeness (QED) is 0.777. The number of halogens is 1. The average Bonchev–Trinajstić information content (AvgIpc) is 3.06. The monoisotopic (exact) mass is 339 g/mol. The molecular formula is C19H18FN3O2. The molecule has 0 unspecified atom stereocenters. The molecule has 0 saturated carbocycles. The van der Waals surface area contributed by atoms with Gasteiger partial charge in [0, 0.05) is 25.0 Å². The normalized spacial score (nSPS) is 11.8. The van der Waals surface area contributed by atoms with Crippen molar-refractivity contribution in [1.82, 2.24) is 14.9 Å². The molecule has 1 heterocycles. The number of imidazole rings is 1. The van der Waals surface area contributed by atoms with Gasteiger partial charge >= 0.3 is 0 Å². The van der Waals surface area contributed by atoms with Crippen LogP contribution in [0, 0.1) is 5.82 Å². The van der Waals surface area contributed by atoms with Gasteiger partial charge in [0.1, 0.15) is 11.9 Å². The van der Waals surface area contributed by atoms with E-state index in [9.17, 15) is 9.18 Å². The van der Waals surface area contributed by atoms with Crippen molar-refractivity contribution in [2.24, 2.45) is 7.05 Å². The van der Waals surface area contributed by atoms with E-state index in [-0.39, 0.29) is 11.3 Å². The summed E-state index contributed by atoms with van der Waals surface area (Å²) in [6.07, 6.45) is 3.48. The molecule has 25 heavy (non-hydrogen) atoms. The van der Waals surface area contributed by atoms with E-state index >= 15 is 0 Å². The number of nitrogens with one attached hydrogen (secondary N) is 1. The lowest BCUT2D eigenvalue weighted by molar-refractivity contribution is 0.0940. The van der Waals surface area contributed by atoms with E-state index in [1.807, 2.05) is 48.1 Å². The molecule has 0 radical (unpaired) electrons. The highest BCUT2D eigenvalue weighted by atomic mass is 19.1. The van der Waals surface area contributed by atoms with Gasteiger partial charge in [-0.3, -0.25) is 4.79 Å². The van der Waals surface area contributed by atoms with Crippen LogP contribution >= 0.6 is 0 Å². The number of aryl methyl sites for hydroxylation is 1. The highest BCUT2D eigenvalue weighted by molar-refractivity contribution is 5.94. The van der Waals surface area contributed by atoms with E-state index in [4.69, 9.17) is 4.74 Å². The predicted octanol–water partition coefficient (Wildman–Crippen LogP) is 3.09. The fraction of sp³-hybridized carbons (Fsp3) is 0.158. The lowest BCUT2D eigenvalue weighted by atomic mass is 10.1. The standard InChI is InChI=1S/C19H18FN3O2/c1-23-11-10-21-18(23)17(13-6-4-3-5-7-13)22-19(24)14-8-9-16(25-2)15(20)12-14/h3-12,17H,1-2H3,(H,22,24)/t17-/m0/s1. The maximum absolute atomic E-state index is 13.9. The number of carbonyl (C=O) groups excluding carboxylic acids is 1. The zero-order chi connectivity index (χ0) is 17.8. The number of aromatic nitrogens is 2. The predicted molar refractivity (Wildman–Crippen MR) is 91.9 cm³/mol. The molecule has 3 aromatic rings. The SMILES string of the molecule is COc1ccc(C(=O)N[C@@H](c2ccccc2)c2nccn2C)cc1F. The summed E-state index contributed by atoms with van der Waals surface area (Å²) < 4.78 is 20.6. The lowest BCUT2D eigenvalue weighted by Crippen LogP contribution is -2.31. The molecule has 1 amide bonds. The lowest BCUT2D eigenvalue weighted by Gasteiger charge is -2.19. The van der Waals surface area contributed by atoms with Crippen LogP contribution in [-0.2, 0) is 7.05 Å². The van der Waals surface area contributed by atoms with Crippen LogP contribution in [0.2, 0.25) is 0 Å². The van der Waals surface area contributed by atoms with Crippen molar-refractivity contribution < 1.29 is 13.9 Å². The molecule has 0 fully saturated rings. The van der Waals surface area contributed by atoms with Crippen molar-refractivity contribution in [3.05, 3.63) is 83.7 Å². The Hall–Kier alpha value is -3.15. The van der Waals surface area contributed by atoms with Crippen molar-refractivity contribution in [3.8, 4) is 5.75 Å². The second kappa shape index (κ2) is 7.17. The van der Waals surface area contributed by atoms with Crippen LogP contribution in [0.1, 0.15) is 27.8 Å². The summed E-state index contributed by atoms with van der Waals surface area (Å²) >= 11 is 0. The molecule has 1 atom stereocenters. The van der Waals surface area contributed by atoms with Crippen molar-refractivity contribution >= 4 is 5.91 Å². The highest BCUT2D eigenvalue weighted by Gasteiger charge is 2.21. The zero-order valence-electron chi connectivity index (χ0n) is 13.9. The van der Waals surface area contributed by atoms with Gasteiger partial charge in [-0.1, -0.05) is 30.3 Å². The van der Waals surface area contributed by atoms with Crippen LogP contribution in [0.15, 0.2) is 60.9 Å². The van der Waals surface area contributed by atoms with E-state index in [0.29, 0.717) is 5.82 Å². The third-order valence-corrected chi connectivity index (χ3v) is 3.94. The Morgan fingerprint density at radius 1 is 1.24 bits per heavy atom. The largest absolute Gasteiger partial charge is 0.494 e. The Balaban J connectivity index is 1.92. The Morgan fingerprint density at radius 3 is 2.60 bits per heavy atom. The number of benzene rings is 2. The van der Waals surface area contributed by atoms with Gasteiger partial charge in [-0.2, -0.15) is 0 Å². The molecule has 1 N–H and O–H groups in total. The van der Waals surface area contributed by atoms with Gasteiger partial charge in [0.05, 0.1) is 7.11 Å². The first-order valence-electron chi connectivity index (χ1n) is 7.76. The Morgan fingerprint density at radius 2 is 2.00 bits per heavy atom. The van der Waals surface area contributed by atoms with Crippen LogP contribution in [-0.4, -0.2) is 22.6 Å². The molecule has 5 nitrogen and oxygen atoms in total. The summed E-state index contributed by atoms with van der Waals surface area (Å²) in [5, 5.41) is 2.93. The second-order valence-corrected chi connectivity index (χ2v) is 5.56. The minimum absolute atomic E-state index is 0.0975. The van der Waals surface area contributed by atoms with Crippen LogP contribution in [0.3, 0.4) is 0 Å². The topological polar surface area (TPSA) is 56.1 Å². The number of methoxy groups -OCH3 is 1. The summed E-state index contributed by atoms with van der Waals surface area (Å²) in [7, 11) is 3.24. The summed E-state index contributed by atoms with van der Waals surface area (Å²) in [5.74, 6) is -0.185. The first-order valence-corrected chi connectivity index (χ1v) is 7.76. The smallest absolute Gasteiger partial charge is 0.252 e. The van der Waals surface area contributed by atoms with E-state index in [0.717, 1.165) is 11.6 Å². The number of rotatable bonds is 5. The Kier molecular flexibility index (Phi) is 4.79. The Labute approximate surface area is 145 Å². The van der Waals surface area contributed by atoms with Gasteiger partial charge in [-0.15, -0.1) is 0 Å². The van der Waals surface area contributed by atoms with Crippen LogP contribution < -0.4 is 10.1 Å². The third-order valence-electron chi connectivity index (χ3n) is 3.94. The molecule has 0 aliphatic rings. The number of hydrogen-bond donors (Lipinski definition) is 1. The average molecular weight is 339 g/mol. The number of carbonyl (C=O) groups is 1. The molecule has 6 heteroatoms. The molecule has 0 spiro atoms. The molecule has 3 rings (SSSR count). The van der Waals surface area contributed by atoms with E-state index in [1.165, 1.54) is 19.2 Å². The van der Waals surface area contributed by atoms with Crippen LogP contribution in [0.25, 0.3) is 0 Å². The number of nitrogens with zero attached hydrogens (tertiary/aromatic N) is 2. The molecular weight excluding hydrogens is 321 g/mol. The van der Waals surface area contributed by atoms with E-state index in [2.05, 4.69) is 10.3 Å². The van der Waals surface area contributed by atoms with Gasteiger partial charge in [0.15, 0.2) is 11.6 Å². The summed E-state index contributed by atoms with van der Waals surface area (Å²) in [6.45, 7) is 0. The van der Waals surface area contributed by atoms with E-state index in [1.54, 1.807) is 6.20 Å². The molecule has 2 aromatic carbocycles. The molecule has 0 saturated heterocycles. The first-order chi connectivity index (χ1) is 12.1. The summed E-state index contributed by atoms with van der Waals surface area (Å²) in [4.78, 5) is 17.0. The minimum Gasteiger partial charge on any atom is -0.494 e. The van der Waals surface area contributed by atoms with Crippen LogP contribution in [0.4, 0.5) is 4.39 Å². The van der Waals surface area contributed by atoms with Gasteiger partial charge in [0.25, 0.3) is 5.91 Å². The number of amides is 1. The van der Waals surface area contributed by atoms with Crippen molar-refractivity contribution in [1.29, 1.82) is 0 Å². The molecule has 0 aliphatic carbocycles. The first kappa shape index (κ1) is 16.7. The van der Waals surface area contributed by atoms with Gasteiger partial charge in [0.2, 0.25) is 0 Å². The Bertz CT molecular complexity index is 877. The van der Waals surface area contributed by atoms with Crippen molar-refractivity contribution in [2.75, 3.05) is 7.11 Å². The van der Waals surface area contributed by atoms with Crippen molar-refractivity contribution in [2.45, 2.75) is 6.04 Å². The fourth-order valence-electron chi connectivity index (χ4n) is 2.62. The van der Waals surface area contributed by atoms with Gasteiger partial charge in [-0.05, 0) is 23.8 Å². The molecule has 0 aliphatic heterocycles. The zero-order valence-corrected chi connectivity index (χ0v) is 13.9. The molecule has 0 bridgehead atoms. The maximum Gasteiger partial charge on any atom is 0.252 e. The minimum atomic E-state index is -0.580. The van der Waals surface area contributed by atoms with Gasteiger partial charge < -0.3 is 14.6 Å². The molecule has 1 aromatic heterocycles. The third kappa shape index (κ3) is 3.52. The number of ether oxygens (including phenoxy) is 1. The van der Waals surface area contributed by atoms with Gasteiger partial charge in [-0.25, -0.2) is 9.37 Å². The molecule has 128 valence electrons. The second-order valence-electron chi connectivity index (χ2n) is 5.56. The maximum atomic E-state index is 13.9. The van der Waals surface area contributed by atoms with E-state index < -0.39 is 17.8 Å². The number of hydrogen-bond acceptors (Lipinski definition) is 3. The fourth-order valence-corrected chi connectivity index (χ4v) is 2.62. The summed E-state index contributed by atoms with van der Waals surface area (Å²) in [6, 6.07) is 13.2. The summed E-state index contributed by atoms with van der Waals surface area (Å²) in [5.41, 5.74) is 1.10. The van der Waals surface area contributed by atoms with Crippen molar-refractivity contribution in [3.63, 3.8) is 0 Å². The highest BCUT2D eigenvalue weighted by Crippen LogP contribution is 2.22. The van der Waals surface area contributed by atoms with Crippen LogP contribution in [0.5, 0.6) is 5.75 Å².